The van der Waals surface area contributed by atoms with Crippen molar-refractivity contribution < 1.29 is 0 Å². The molecule has 0 spiro atoms. The molecule has 0 atom stereocenters. The van der Waals surface area contributed by atoms with E-state index in [-0.39, 0.29) is 0 Å². The number of halogens is 2. The van der Waals surface area contributed by atoms with Crippen LogP contribution in [-0.2, 0) is 6.42 Å². The molecule has 1 heterocycles. The van der Waals surface area contributed by atoms with Crippen molar-refractivity contribution in [2.75, 3.05) is 0 Å². The molecule has 3 heteroatoms. The lowest BCUT2D eigenvalue weighted by atomic mass is 9.78. The molecule has 1 aliphatic carbocycles. The van der Waals surface area contributed by atoms with Crippen LogP contribution in [0, 0.1) is 11.8 Å². The molecule has 0 aliphatic heterocycles. The van der Waals surface area contributed by atoms with Gasteiger partial charge in [-0.25, -0.2) is 4.98 Å². The Kier molecular flexibility index (Phi) is 6.78. The molecule has 1 aromatic heterocycles. The van der Waals surface area contributed by atoms with Gasteiger partial charge >= 0.3 is 0 Å². The quantitative estimate of drug-likeness (QED) is 0.473. The Hall–Kier alpha value is -1.05. The van der Waals surface area contributed by atoms with Crippen LogP contribution in [0.25, 0.3) is 11.1 Å². The van der Waals surface area contributed by atoms with Gasteiger partial charge in [-0.3, -0.25) is 0 Å². The van der Waals surface area contributed by atoms with Crippen LogP contribution < -0.4 is 0 Å². The molecular formula is C22H27Cl2N. The monoisotopic (exact) mass is 375 g/mol. The minimum Gasteiger partial charge on any atom is -0.242 e. The van der Waals surface area contributed by atoms with Crippen molar-refractivity contribution in [1.29, 1.82) is 0 Å². The average Bonchev–Trinajstić information content (AvgIpc) is 2.64. The fraction of sp³-hybridized carbons (Fsp3) is 0.500. The van der Waals surface area contributed by atoms with E-state index in [2.05, 4.69) is 36.2 Å². The third-order valence-electron chi connectivity index (χ3n) is 5.59. The summed E-state index contributed by atoms with van der Waals surface area (Å²) in [6, 6.07) is 10.7. The molecule has 0 N–H and O–H groups in total. The smallest absolute Gasteiger partial charge is 0.147 e. The lowest BCUT2D eigenvalue weighted by Gasteiger charge is -2.28. The molecule has 0 unspecified atom stereocenters. The van der Waals surface area contributed by atoms with E-state index in [0.717, 1.165) is 23.0 Å². The predicted octanol–water partition coefficient (Wildman–Crippen LogP) is 7.59. The van der Waals surface area contributed by atoms with Crippen molar-refractivity contribution in [3.05, 3.63) is 52.3 Å². The van der Waals surface area contributed by atoms with Crippen LogP contribution in [0.3, 0.4) is 0 Å². The largest absolute Gasteiger partial charge is 0.242 e. The molecule has 1 fully saturated rings. The summed E-state index contributed by atoms with van der Waals surface area (Å²) in [4.78, 5) is 4.13. The number of pyridine rings is 1. The van der Waals surface area contributed by atoms with Crippen LogP contribution in [-0.4, -0.2) is 4.98 Å². The van der Waals surface area contributed by atoms with Crippen molar-refractivity contribution in [2.24, 2.45) is 11.8 Å². The van der Waals surface area contributed by atoms with Crippen LogP contribution in [0.5, 0.6) is 0 Å². The number of benzene rings is 1. The maximum atomic E-state index is 6.07. The van der Waals surface area contributed by atoms with Crippen molar-refractivity contribution in [2.45, 2.75) is 58.3 Å². The normalized spacial score (nSPS) is 20.6. The molecule has 3 rings (SSSR count). The van der Waals surface area contributed by atoms with Gasteiger partial charge in [0.2, 0.25) is 0 Å². The third-order valence-corrected chi connectivity index (χ3v) is 6.27. The molecule has 1 saturated carbocycles. The van der Waals surface area contributed by atoms with Gasteiger partial charge in [-0.15, -0.1) is 0 Å². The molecule has 1 aromatic carbocycles. The Balaban J connectivity index is 1.52. The summed E-state index contributed by atoms with van der Waals surface area (Å²) in [5, 5.41) is 0.859. The lowest BCUT2D eigenvalue weighted by molar-refractivity contribution is 0.252. The summed E-state index contributed by atoms with van der Waals surface area (Å²) in [5.74, 6) is 1.92. The molecule has 0 radical (unpaired) electrons. The Morgan fingerprint density at radius 3 is 2.16 bits per heavy atom. The van der Waals surface area contributed by atoms with Crippen LogP contribution in [0.15, 0.2) is 36.5 Å². The summed E-state index contributed by atoms with van der Waals surface area (Å²) in [6.07, 6.45) is 12.8. The van der Waals surface area contributed by atoms with E-state index < -0.39 is 0 Å². The molecule has 134 valence electrons. The highest BCUT2D eigenvalue weighted by Crippen LogP contribution is 2.34. The van der Waals surface area contributed by atoms with Gasteiger partial charge in [0.1, 0.15) is 5.15 Å². The summed E-state index contributed by atoms with van der Waals surface area (Å²) >= 11 is 12.0. The third kappa shape index (κ3) is 5.21. The molecule has 0 amide bonds. The first-order valence-electron chi connectivity index (χ1n) is 9.56. The Morgan fingerprint density at radius 1 is 0.920 bits per heavy atom. The second kappa shape index (κ2) is 9.05. The van der Waals surface area contributed by atoms with Gasteiger partial charge in [0.25, 0.3) is 0 Å². The summed E-state index contributed by atoms with van der Waals surface area (Å²) in [6.45, 7) is 2.31. The van der Waals surface area contributed by atoms with Crippen LogP contribution in [0.1, 0.15) is 57.4 Å². The van der Waals surface area contributed by atoms with Crippen molar-refractivity contribution in [3.8, 4) is 11.1 Å². The summed E-state index contributed by atoms with van der Waals surface area (Å²) in [5.41, 5.74) is 3.57. The highest BCUT2D eigenvalue weighted by Gasteiger charge is 2.20. The number of hydrogen-bond acceptors (Lipinski definition) is 1. The second-order valence-corrected chi connectivity index (χ2v) is 8.17. The topological polar surface area (TPSA) is 12.9 Å². The van der Waals surface area contributed by atoms with Gasteiger partial charge in [-0.2, -0.15) is 0 Å². The molecule has 0 bridgehead atoms. The molecule has 0 saturated heterocycles. The van der Waals surface area contributed by atoms with E-state index in [1.165, 1.54) is 56.9 Å². The molecule has 1 aliphatic rings. The number of aryl methyl sites for hydroxylation is 1. The van der Waals surface area contributed by atoms with E-state index in [9.17, 15) is 0 Å². The number of rotatable bonds is 6. The van der Waals surface area contributed by atoms with E-state index in [1.807, 2.05) is 6.07 Å². The van der Waals surface area contributed by atoms with Gasteiger partial charge < -0.3 is 0 Å². The molecule has 25 heavy (non-hydrogen) atoms. The zero-order valence-electron chi connectivity index (χ0n) is 15.0. The first-order chi connectivity index (χ1) is 12.2. The highest BCUT2D eigenvalue weighted by atomic mass is 35.5. The van der Waals surface area contributed by atoms with Gasteiger partial charge in [-0.05, 0) is 41.9 Å². The summed E-state index contributed by atoms with van der Waals surface area (Å²) < 4.78 is 0. The maximum Gasteiger partial charge on any atom is 0.147 e. The Morgan fingerprint density at radius 2 is 1.56 bits per heavy atom. The highest BCUT2D eigenvalue weighted by molar-refractivity contribution is 6.41. The van der Waals surface area contributed by atoms with Gasteiger partial charge in [-0.1, -0.05) is 92.9 Å². The second-order valence-electron chi connectivity index (χ2n) is 7.41. The SMILES string of the molecule is CCCC1CCC(CCc2ccc(-c3cnc(Cl)c(Cl)c3)cc2)CC1. The lowest BCUT2D eigenvalue weighted by Crippen LogP contribution is -2.15. The standard InChI is InChI=1S/C22H27Cl2N/c1-2-3-16-4-6-17(7-5-16)8-9-18-10-12-19(13-11-18)20-14-21(23)22(24)25-15-20/h10-17H,2-9H2,1H3. The van der Waals surface area contributed by atoms with E-state index >= 15 is 0 Å². The van der Waals surface area contributed by atoms with Crippen molar-refractivity contribution >= 4 is 23.2 Å². The predicted molar refractivity (Wildman–Crippen MR) is 108 cm³/mol. The summed E-state index contributed by atoms with van der Waals surface area (Å²) in [7, 11) is 0. The van der Waals surface area contributed by atoms with Crippen LogP contribution >= 0.6 is 23.2 Å². The zero-order chi connectivity index (χ0) is 17.6. The van der Waals surface area contributed by atoms with Crippen molar-refractivity contribution in [3.63, 3.8) is 0 Å². The minimum atomic E-state index is 0.357. The number of nitrogens with zero attached hydrogens (tertiary/aromatic N) is 1. The van der Waals surface area contributed by atoms with E-state index in [4.69, 9.17) is 23.2 Å². The van der Waals surface area contributed by atoms with Crippen LogP contribution in [0.4, 0.5) is 0 Å². The Bertz CT molecular complexity index is 673. The minimum absolute atomic E-state index is 0.357. The Labute approximate surface area is 161 Å². The zero-order valence-corrected chi connectivity index (χ0v) is 16.5. The van der Waals surface area contributed by atoms with Crippen LogP contribution in [0.2, 0.25) is 10.2 Å². The molecule has 1 nitrogen and oxygen atoms in total. The van der Waals surface area contributed by atoms with Crippen molar-refractivity contribution in [1.82, 2.24) is 4.98 Å². The first kappa shape index (κ1) is 18.7. The fourth-order valence-corrected chi connectivity index (χ4v) is 4.30. The number of aromatic nitrogens is 1. The van der Waals surface area contributed by atoms with Gasteiger partial charge in [0.05, 0.1) is 5.02 Å². The number of hydrogen-bond donors (Lipinski definition) is 0. The van der Waals surface area contributed by atoms with Gasteiger partial charge in [0.15, 0.2) is 0 Å². The molecular weight excluding hydrogens is 349 g/mol. The average molecular weight is 376 g/mol. The maximum absolute atomic E-state index is 6.07. The van der Waals surface area contributed by atoms with Gasteiger partial charge in [0, 0.05) is 11.8 Å². The van der Waals surface area contributed by atoms with E-state index in [0.29, 0.717) is 10.2 Å². The molecule has 2 aromatic rings. The van der Waals surface area contributed by atoms with E-state index in [1.54, 1.807) is 6.20 Å². The first-order valence-corrected chi connectivity index (χ1v) is 10.3. The fourth-order valence-electron chi connectivity index (χ4n) is 4.03.